The minimum absolute atomic E-state index is 0.0142. The molecule has 0 atom stereocenters. The monoisotopic (exact) mass is 273 g/mol. The van der Waals surface area contributed by atoms with Crippen molar-refractivity contribution in [2.75, 3.05) is 0 Å². The summed E-state index contributed by atoms with van der Waals surface area (Å²) in [6.07, 6.45) is -4.29. The molecule has 0 heterocycles. The first kappa shape index (κ1) is 16.0. The van der Waals surface area contributed by atoms with Crippen LogP contribution in [0.2, 0.25) is 0 Å². The van der Waals surface area contributed by atoms with Crippen LogP contribution in [-0.2, 0) is 12.0 Å². The highest BCUT2D eigenvalue weighted by Crippen LogP contribution is 2.27. The van der Waals surface area contributed by atoms with Crippen molar-refractivity contribution < 1.29 is 13.2 Å². The van der Waals surface area contributed by atoms with Gasteiger partial charge in [-0.15, -0.1) is 0 Å². The van der Waals surface area contributed by atoms with Crippen LogP contribution < -0.4 is 0 Å². The van der Waals surface area contributed by atoms with Crippen LogP contribution in [0.25, 0.3) is 0 Å². The van der Waals surface area contributed by atoms with Gasteiger partial charge in [0, 0.05) is 12.6 Å². The lowest BCUT2D eigenvalue weighted by Gasteiger charge is -2.28. The maximum absolute atomic E-state index is 12.9. The van der Waals surface area contributed by atoms with Crippen molar-refractivity contribution in [1.29, 1.82) is 0 Å². The molecular weight excluding hydrogens is 251 g/mol. The van der Waals surface area contributed by atoms with Gasteiger partial charge < -0.3 is 0 Å². The number of hydrogen-bond acceptors (Lipinski definition) is 1. The maximum Gasteiger partial charge on any atom is 0.460 e. The summed E-state index contributed by atoms with van der Waals surface area (Å²) in [6, 6.07) is 6.81. The molecule has 4 heteroatoms. The lowest BCUT2D eigenvalue weighted by Crippen LogP contribution is -2.42. The average molecular weight is 273 g/mol. The van der Waals surface area contributed by atoms with Crippen molar-refractivity contribution in [3.8, 4) is 0 Å². The van der Waals surface area contributed by atoms with Crippen LogP contribution in [0.1, 0.15) is 45.7 Å². The first-order valence-corrected chi connectivity index (χ1v) is 6.44. The number of rotatable bonds is 3. The third kappa shape index (κ3) is 4.53. The number of benzene rings is 1. The van der Waals surface area contributed by atoms with Crippen LogP contribution in [0.3, 0.4) is 0 Å². The Morgan fingerprint density at radius 2 is 1.47 bits per heavy atom. The summed E-state index contributed by atoms with van der Waals surface area (Å²) in [6.45, 7) is 9.24. The fourth-order valence-electron chi connectivity index (χ4n) is 1.87. The molecule has 0 bridgehead atoms. The van der Waals surface area contributed by atoms with E-state index in [9.17, 15) is 13.2 Å². The smallest absolute Gasteiger partial charge is 0.208 e. The molecule has 1 rings (SSSR count). The number of alkyl halides is 3. The van der Waals surface area contributed by atoms with Gasteiger partial charge in [-0.25, -0.2) is 4.90 Å². The van der Waals surface area contributed by atoms with Crippen LogP contribution in [-0.4, -0.2) is 17.2 Å². The Morgan fingerprint density at radius 1 is 1.00 bits per heavy atom. The summed E-state index contributed by atoms with van der Waals surface area (Å²) in [5.74, 6) is 0. The molecule has 0 spiro atoms. The summed E-state index contributed by atoms with van der Waals surface area (Å²) in [4.78, 5) is 0.541. The van der Waals surface area contributed by atoms with E-state index < -0.39 is 12.3 Å². The highest BCUT2D eigenvalue weighted by Gasteiger charge is 2.38. The molecule has 0 radical (unpaired) electrons. The summed E-state index contributed by atoms with van der Waals surface area (Å²) >= 11 is 0. The van der Waals surface area contributed by atoms with E-state index in [-0.39, 0.29) is 12.0 Å². The Labute approximate surface area is 113 Å². The Morgan fingerprint density at radius 3 is 1.79 bits per heavy atom. The molecule has 0 unspecified atom stereocenters. The Kier molecular flexibility index (Phi) is 4.67. The van der Waals surface area contributed by atoms with Crippen LogP contribution >= 0.6 is 0 Å². The predicted octanol–water partition coefficient (Wildman–Crippen LogP) is 4.71. The lowest BCUT2D eigenvalue weighted by molar-refractivity contribution is -0.259. The molecule has 0 saturated carbocycles. The molecule has 0 aliphatic carbocycles. The predicted molar refractivity (Wildman–Crippen MR) is 71.9 cm³/mol. The molecule has 1 aromatic carbocycles. The zero-order chi connectivity index (χ0) is 14.8. The zero-order valence-corrected chi connectivity index (χ0v) is 12.2. The molecule has 0 aromatic heterocycles. The van der Waals surface area contributed by atoms with Gasteiger partial charge in [0.05, 0.1) is 0 Å². The fraction of sp³-hybridized carbons (Fsp3) is 0.600. The third-order valence-electron chi connectivity index (χ3n) is 3.12. The normalized spacial score (nSPS) is 13.4. The Hall–Kier alpha value is -1.03. The minimum atomic E-state index is -4.29. The van der Waals surface area contributed by atoms with Crippen molar-refractivity contribution in [3.05, 3.63) is 35.4 Å². The molecule has 0 aliphatic heterocycles. The molecule has 1 nitrogen and oxygen atoms in total. The van der Waals surface area contributed by atoms with Crippen LogP contribution in [0.15, 0.2) is 24.3 Å². The van der Waals surface area contributed by atoms with Gasteiger partial charge in [-0.05, 0) is 30.4 Å². The Bertz CT molecular complexity index is 399. The molecule has 19 heavy (non-hydrogen) atoms. The number of halogens is 3. The van der Waals surface area contributed by atoms with E-state index in [4.69, 9.17) is 0 Å². The molecule has 0 amide bonds. The van der Waals surface area contributed by atoms with E-state index in [1.807, 2.05) is 12.1 Å². The van der Waals surface area contributed by atoms with Gasteiger partial charge in [-0.3, -0.25) is 0 Å². The summed E-state index contributed by atoms with van der Waals surface area (Å²) in [7, 11) is 0. The van der Waals surface area contributed by atoms with Gasteiger partial charge in [0.25, 0.3) is 0 Å². The van der Waals surface area contributed by atoms with E-state index in [1.165, 1.54) is 0 Å². The number of hydrogen-bond donors (Lipinski definition) is 0. The van der Waals surface area contributed by atoms with Gasteiger partial charge in [0.1, 0.15) is 0 Å². The molecule has 0 saturated heterocycles. The van der Waals surface area contributed by atoms with Gasteiger partial charge in [0.15, 0.2) is 0 Å². The fourth-order valence-corrected chi connectivity index (χ4v) is 1.87. The molecular formula is C15H22F3N. The van der Waals surface area contributed by atoms with Gasteiger partial charge in [-0.2, -0.15) is 13.2 Å². The third-order valence-corrected chi connectivity index (χ3v) is 3.12. The van der Waals surface area contributed by atoms with E-state index in [1.54, 1.807) is 26.0 Å². The topological polar surface area (TPSA) is 3.24 Å². The average Bonchev–Trinajstić information content (AvgIpc) is 2.23. The SMILES string of the molecule is CC(C)N(Cc1ccc(C(C)(C)C)cc1)C(F)(F)F. The molecule has 1 aromatic rings. The number of nitrogens with zero attached hydrogens (tertiary/aromatic N) is 1. The summed E-state index contributed by atoms with van der Waals surface area (Å²) in [5, 5.41) is 0. The highest BCUT2D eigenvalue weighted by atomic mass is 19.4. The van der Waals surface area contributed by atoms with Crippen molar-refractivity contribution in [3.63, 3.8) is 0 Å². The van der Waals surface area contributed by atoms with E-state index in [0.717, 1.165) is 5.56 Å². The van der Waals surface area contributed by atoms with Crippen molar-refractivity contribution in [2.45, 2.75) is 58.9 Å². The van der Waals surface area contributed by atoms with Gasteiger partial charge in [-0.1, -0.05) is 45.0 Å². The first-order valence-electron chi connectivity index (χ1n) is 6.44. The van der Waals surface area contributed by atoms with Crippen molar-refractivity contribution in [1.82, 2.24) is 4.90 Å². The van der Waals surface area contributed by atoms with Crippen LogP contribution in [0.4, 0.5) is 13.2 Å². The van der Waals surface area contributed by atoms with Crippen LogP contribution in [0, 0.1) is 0 Å². The molecule has 0 N–H and O–H groups in total. The lowest BCUT2D eigenvalue weighted by atomic mass is 9.87. The van der Waals surface area contributed by atoms with E-state index in [2.05, 4.69) is 20.8 Å². The Balaban J connectivity index is 2.88. The molecule has 0 aliphatic rings. The summed E-state index contributed by atoms with van der Waals surface area (Å²) < 4.78 is 38.6. The van der Waals surface area contributed by atoms with Crippen molar-refractivity contribution in [2.24, 2.45) is 0 Å². The minimum Gasteiger partial charge on any atom is -0.208 e. The highest BCUT2D eigenvalue weighted by molar-refractivity contribution is 5.27. The first-order chi connectivity index (χ1) is 8.51. The second-order valence-electron chi connectivity index (χ2n) is 6.14. The van der Waals surface area contributed by atoms with Gasteiger partial charge in [0.2, 0.25) is 0 Å². The second kappa shape index (κ2) is 5.53. The zero-order valence-electron chi connectivity index (χ0n) is 12.2. The maximum atomic E-state index is 12.9. The molecule has 0 fully saturated rings. The van der Waals surface area contributed by atoms with Crippen LogP contribution in [0.5, 0.6) is 0 Å². The second-order valence-corrected chi connectivity index (χ2v) is 6.14. The van der Waals surface area contributed by atoms with E-state index in [0.29, 0.717) is 10.5 Å². The standard InChI is InChI=1S/C15H22F3N/c1-11(2)19(15(16,17)18)10-12-6-8-13(9-7-12)14(3,4)5/h6-9,11H,10H2,1-5H3. The largest absolute Gasteiger partial charge is 0.460 e. The molecule has 108 valence electrons. The van der Waals surface area contributed by atoms with Gasteiger partial charge >= 0.3 is 6.30 Å². The van der Waals surface area contributed by atoms with Crippen molar-refractivity contribution >= 4 is 0 Å². The van der Waals surface area contributed by atoms with E-state index >= 15 is 0 Å². The quantitative estimate of drug-likeness (QED) is 0.721. The summed E-state index contributed by atoms with van der Waals surface area (Å²) in [5.41, 5.74) is 1.82.